The van der Waals surface area contributed by atoms with E-state index in [1.54, 1.807) is 42.4 Å². The van der Waals surface area contributed by atoms with Crippen molar-refractivity contribution in [3.63, 3.8) is 0 Å². The SMILES string of the molecule is CN(Cc1cnc(Cl)cc1Cl)c1ccccc1F. The van der Waals surface area contributed by atoms with Gasteiger partial charge in [0.1, 0.15) is 11.0 Å². The molecule has 0 aliphatic carbocycles. The van der Waals surface area contributed by atoms with E-state index in [2.05, 4.69) is 4.98 Å². The number of para-hydroxylation sites is 1. The van der Waals surface area contributed by atoms with Gasteiger partial charge < -0.3 is 4.90 Å². The predicted octanol–water partition coefficient (Wildman–Crippen LogP) is 4.16. The molecule has 5 heteroatoms. The van der Waals surface area contributed by atoms with Crippen molar-refractivity contribution >= 4 is 28.9 Å². The van der Waals surface area contributed by atoms with Gasteiger partial charge in [0, 0.05) is 25.4 Å². The second-order valence-electron chi connectivity index (χ2n) is 3.91. The minimum absolute atomic E-state index is 0.266. The summed E-state index contributed by atoms with van der Waals surface area (Å²) >= 11 is 11.8. The normalized spacial score (nSPS) is 10.4. The van der Waals surface area contributed by atoms with Gasteiger partial charge in [0.05, 0.1) is 10.7 Å². The Labute approximate surface area is 115 Å². The monoisotopic (exact) mass is 284 g/mol. The molecule has 0 bridgehead atoms. The number of pyridine rings is 1. The first-order valence-electron chi connectivity index (χ1n) is 5.33. The summed E-state index contributed by atoms with van der Waals surface area (Å²) in [5, 5.41) is 0.871. The summed E-state index contributed by atoms with van der Waals surface area (Å²) in [5.41, 5.74) is 1.32. The van der Waals surface area contributed by atoms with Crippen LogP contribution in [0.3, 0.4) is 0 Å². The lowest BCUT2D eigenvalue weighted by Crippen LogP contribution is -2.18. The minimum atomic E-state index is -0.266. The van der Waals surface area contributed by atoms with Gasteiger partial charge in [0.2, 0.25) is 0 Å². The number of anilines is 1. The molecule has 0 atom stereocenters. The van der Waals surface area contributed by atoms with Gasteiger partial charge in [-0.25, -0.2) is 9.37 Å². The van der Waals surface area contributed by atoms with Crippen molar-refractivity contribution in [2.75, 3.05) is 11.9 Å². The third-order valence-corrected chi connectivity index (χ3v) is 3.13. The van der Waals surface area contributed by atoms with Gasteiger partial charge in [0.25, 0.3) is 0 Å². The molecule has 0 saturated heterocycles. The molecule has 0 aliphatic rings. The molecule has 18 heavy (non-hydrogen) atoms. The van der Waals surface area contributed by atoms with E-state index in [-0.39, 0.29) is 5.82 Å². The van der Waals surface area contributed by atoms with Crippen molar-refractivity contribution in [1.29, 1.82) is 0 Å². The van der Waals surface area contributed by atoms with E-state index in [4.69, 9.17) is 23.2 Å². The van der Waals surface area contributed by atoms with Gasteiger partial charge in [0.15, 0.2) is 0 Å². The van der Waals surface area contributed by atoms with Crippen LogP contribution in [0.2, 0.25) is 10.2 Å². The molecule has 1 aromatic heterocycles. The third-order valence-electron chi connectivity index (χ3n) is 2.57. The quantitative estimate of drug-likeness (QED) is 0.787. The maximum Gasteiger partial charge on any atom is 0.146 e. The summed E-state index contributed by atoms with van der Waals surface area (Å²) < 4.78 is 13.6. The van der Waals surface area contributed by atoms with Gasteiger partial charge in [-0.1, -0.05) is 35.3 Å². The Morgan fingerprint density at radius 3 is 2.67 bits per heavy atom. The first kappa shape index (κ1) is 13.1. The number of hydrogen-bond acceptors (Lipinski definition) is 2. The van der Waals surface area contributed by atoms with Crippen LogP contribution in [0, 0.1) is 5.82 Å². The lowest BCUT2D eigenvalue weighted by atomic mass is 10.2. The first-order valence-corrected chi connectivity index (χ1v) is 6.09. The zero-order valence-corrected chi connectivity index (χ0v) is 11.2. The Bertz CT molecular complexity index is 560. The molecule has 0 saturated carbocycles. The van der Waals surface area contributed by atoms with Crippen LogP contribution in [0.25, 0.3) is 0 Å². The molecule has 2 rings (SSSR count). The lowest BCUT2D eigenvalue weighted by molar-refractivity contribution is 0.622. The number of aromatic nitrogens is 1. The van der Waals surface area contributed by atoms with Gasteiger partial charge in [-0.3, -0.25) is 0 Å². The summed E-state index contributed by atoms with van der Waals surface area (Å²) in [6.45, 7) is 0.462. The predicted molar refractivity (Wildman–Crippen MR) is 72.8 cm³/mol. The summed E-state index contributed by atoms with van der Waals surface area (Å²) in [5.74, 6) is -0.266. The molecule has 2 aromatic rings. The zero-order chi connectivity index (χ0) is 13.1. The summed E-state index contributed by atoms with van der Waals surface area (Å²) in [6.07, 6.45) is 1.60. The average molecular weight is 285 g/mol. The molecule has 0 N–H and O–H groups in total. The molecule has 1 aromatic carbocycles. The van der Waals surface area contributed by atoms with Gasteiger partial charge in [-0.05, 0) is 18.2 Å². The fraction of sp³-hybridized carbons (Fsp3) is 0.154. The summed E-state index contributed by atoms with van der Waals surface area (Å²) in [7, 11) is 1.79. The van der Waals surface area contributed by atoms with Crippen LogP contribution < -0.4 is 4.90 Å². The van der Waals surface area contributed by atoms with E-state index in [1.807, 2.05) is 0 Å². The Morgan fingerprint density at radius 1 is 1.28 bits per heavy atom. The molecule has 0 amide bonds. The topological polar surface area (TPSA) is 16.1 Å². The van der Waals surface area contributed by atoms with Crippen molar-refractivity contribution < 1.29 is 4.39 Å². The van der Waals surface area contributed by atoms with Crippen molar-refractivity contribution in [2.45, 2.75) is 6.54 Å². The van der Waals surface area contributed by atoms with Crippen LogP contribution in [0.1, 0.15) is 5.56 Å². The van der Waals surface area contributed by atoms with Gasteiger partial charge in [-0.2, -0.15) is 0 Å². The number of nitrogens with zero attached hydrogens (tertiary/aromatic N) is 2. The standard InChI is InChI=1S/C13H11Cl2FN2/c1-18(12-5-3-2-4-11(12)16)8-9-7-17-13(15)6-10(9)14/h2-7H,8H2,1H3. The summed E-state index contributed by atoms with van der Waals surface area (Å²) in [6, 6.07) is 8.16. The highest BCUT2D eigenvalue weighted by atomic mass is 35.5. The van der Waals surface area contributed by atoms with Crippen LogP contribution in [0.15, 0.2) is 36.5 Å². The fourth-order valence-corrected chi connectivity index (χ4v) is 2.08. The Morgan fingerprint density at radius 2 is 2.00 bits per heavy atom. The van der Waals surface area contributed by atoms with Crippen LogP contribution in [0.5, 0.6) is 0 Å². The van der Waals surface area contributed by atoms with Crippen LogP contribution in [-0.4, -0.2) is 12.0 Å². The smallest absolute Gasteiger partial charge is 0.146 e. The van der Waals surface area contributed by atoms with E-state index in [1.165, 1.54) is 6.07 Å². The Kier molecular flexibility index (Phi) is 4.04. The van der Waals surface area contributed by atoms with E-state index >= 15 is 0 Å². The summed E-state index contributed by atoms with van der Waals surface area (Å²) in [4.78, 5) is 5.74. The zero-order valence-electron chi connectivity index (χ0n) is 9.70. The highest BCUT2D eigenvalue weighted by molar-refractivity contribution is 6.34. The Hall–Kier alpha value is -1.32. The second kappa shape index (κ2) is 5.55. The number of rotatable bonds is 3. The van der Waals surface area contributed by atoms with Crippen molar-refractivity contribution in [1.82, 2.24) is 4.98 Å². The molecule has 0 spiro atoms. The molecular formula is C13H11Cl2FN2. The van der Waals surface area contributed by atoms with Crippen molar-refractivity contribution in [3.05, 3.63) is 58.1 Å². The number of hydrogen-bond donors (Lipinski definition) is 0. The number of halogens is 3. The number of benzene rings is 1. The lowest BCUT2D eigenvalue weighted by Gasteiger charge is -2.20. The third kappa shape index (κ3) is 2.92. The van der Waals surface area contributed by atoms with Crippen LogP contribution in [-0.2, 0) is 6.54 Å². The molecule has 0 fully saturated rings. The highest BCUT2D eigenvalue weighted by Gasteiger charge is 2.09. The van der Waals surface area contributed by atoms with Gasteiger partial charge in [-0.15, -0.1) is 0 Å². The highest BCUT2D eigenvalue weighted by Crippen LogP contribution is 2.23. The maximum absolute atomic E-state index is 13.6. The first-order chi connectivity index (χ1) is 8.58. The molecule has 94 valence electrons. The second-order valence-corrected chi connectivity index (χ2v) is 4.70. The van der Waals surface area contributed by atoms with Crippen molar-refractivity contribution in [2.24, 2.45) is 0 Å². The van der Waals surface area contributed by atoms with E-state index in [0.717, 1.165) is 5.56 Å². The minimum Gasteiger partial charge on any atom is -0.368 e. The van der Waals surface area contributed by atoms with E-state index < -0.39 is 0 Å². The molecule has 2 nitrogen and oxygen atoms in total. The maximum atomic E-state index is 13.6. The molecular weight excluding hydrogens is 274 g/mol. The fourth-order valence-electron chi connectivity index (χ4n) is 1.65. The van der Waals surface area contributed by atoms with E-state index in [9.17, 15) is 4.39 Å². The molecule has 0 aliphatic heterocycles. The molecule has 0 radical (unpaired) electrons. The average Bonchev–Trinajstić information content (AvgIpc) is 2.33. The van der Waals surface area contributed by atoms with Crippen LogP contribution >= 0.6 is 23.2 Å². The largest absolute Gasteiger partial charge is 0.368 e. The van der Waals surface area contributed by atoms with E-state index in [0.29, 0.717) is 22.4 Å². The Balaban J connectivity index is 2.21. The van der Waals surface area contributed by atoms with Crippen molar-refractivity contribution in [3.8, 4) is 0 Å². The van der Waals surface area contributed by atoms with Gasteiger partial charge >= 0.3 is 0 Å². The molecule has 1 heterocycles. The molecule has 0 unspecified atom stereocenters. The van der Waals surface area contributed by atoms with Crippen LogP contribution in [0.4, 0.5) is 10.1 Å².